The van der Waals surface area contributed by atoms with Gasteiger partial charge in [-0.05, 0) is 60.2 Å². The molecule has 0 radical (unpaired) electrons. The van der Waals surface area contributed by atoms with Crippen molar-refractivity contribution < 1.29 is 32.9 Å². The maximum absolute atomic E-state index is 14.2. The van der Waals surface area contributed by atoms with E-state index in [9.17, 15) is 14.0 Å². The Hall–Kier alpha value is -3.63. The average Bonchev–Trinajstić information content (AvgIpc) is 3.60. The lowest BCUT2D eigenvalue weighted by Gasteiger charge is -2.37. The highest BCUT2D eigenvalue weighted by Gasteiger charge is 2.34. The highest BCUT2D eigenvalue weighted by molar-refractivity contribution is 7.10. The van der Waals surface area contributed by atoms with Crippen molar-refractivity contribution in [2.75, 3.05) is 46.8 Å². The monoisotopic (exact) mass is 540 g/mol. The lowest BCUT2D eigenvalue weighted by atomic mass is 10.0. The second-order valence-corrected chi connectivity index (χ2v) is 10.0. The van der Waals surface area contributed by atoms with Gasteiger partial charge in [0.2, 0.25) is 12.7 Å². The molecule has 0 saturated carbocycles. The van der Waals surface area contributed by atoms with Crippen LogP contribution in [0.15, 0.2) is 53.9 Å². The van der Waals surface area contributed by atoms with Crippen molar-refractivity contribution in [3.63, 3.8) is 0 Å². The quantitative estimate of drug-likeness (QED) is 0.357. The van der Waals surface area contributed by atoms with Gasteiger partial charge in [-0.2, -0.15) is 0 Å². The molecule has 5 rings (SSSR count). The van der Waals surface area contributed by atoms with Crippen LogP contribution in [0.1, 0.15) is 33.3 Å². The van der Waals surface area contributed by atoms with Crippen LogP contribution in [0, 0.1) is 5.82 Å². The number of nitrogens with zero attached hydrogens (tertiary/aromatic N) is 2. The summed E-state index contributed by atoms with van der Waals surface area (Å²) < 4.78 is 36.0. The van der Waals surface area contributed by atoms with Crippen molar-refractivity contribution >= 4 is 23.2 Å². The normalized spacial score (nSPS) is 15.7. The van der Waals surface area contributed by atoms with Crippen LogP contribution in [0.3, 0.4) is 0 Å². The average molecular weight is 541 g/mol. The molecule has 0 bridgehead atoms. The number of rotatable bonds is 10. The number of fused-ring (bicyclic) bond motifs is 2. The first-order valence-corrected chi connectivity index (χ1v) is 13.3. The van der Waals surface area contributed by atoms with Crippen molar-refractivity contribution in [3.8, 4) is 17.2 Å². The van der Waals surface area contributed by atoms with Crippen LogP contribution in [0.25, 0.3) is 0 Å². The Morgan fingerprint density at radius 1 is 1.16 bits per heavy atom. The summed E-state index contributed by atoms with van der Waals surface area (Å²) in [6.45, 7) is 1.41. The highest BCUT2D eigenvalue weighted by atomic mass is 32.1. The van der Waals surface area contributed by atoms with Crippen LogP contribution < -0.4 is 14.2 Å². The second kappa shape index (κ2) is 11.8. The Morgan fingerprint density at radius 2 is 2.00 bits per heavy atom. The SMILES string of the molecule is COCCCN(CC(=O)N1CCc2sccc2[C@H]1COc1ccccc1F)C(=O)c1ccc2c(c1)OCO2. The predicted octanol–water partition coefficient (Wildman–Crippen LogP) is 4.30. The van der Waals surface area contributed by atoms with Crippen LogP contribution in [0.4, 0.5) is 4.39 Å². The molecule has 2 aliphatic heterocycles. The van der Waals surface area contributed by atoms with Crippen LogP contribution in [0.2, 0.25) is 0 Å². The number of para-hydroxylation sites is 1. The van der Waals surface area contributed by atoms with Crippen molar-refractivity contribution in [1.29, 1.82) is 0 Å². The number of carbonyl (C=O) groups excluding carboxylic acids is 2. The van der Waals surface area contributed by atoms with E-state index >= 15 is 0 Å². The first-order chi connectivity index (χ1) is 18.5. The molecule has 0 saturated heterocycles. The molecule has 1 aromatic heterocycles. The summed E-state index contributed by atoms with van der Waals surface area (Å²) >= 11 is 1.64. The summed E-state index contributed by atoms with van der Waals surface area (Å²) in [5.41, 5.74) is 1.41. The van der Waals surface area contributed by atoms with E-state index in [0.717, 1.165) is 5.56 Å². The smallest absolute Gasteiger partial charge is 0.254 e. The molecule has 2 aromatic carbocycles. The van der Waals surface area contributed by atoms with E-state index in [4.69, 9.17) is 18.9 Å². The summed E-state index contributed by atoms with van der Waals surface area (Å²) in [6.07, 6.45) is 1.29. The Balaban J connectivity index is 1.34. The van der Waals surface area contributed by atoms with E-state index in [-0.39, 0.29) is 37.5 Å². The largest absolute Gasteiger partial charge is 0.488 e. The van der Waals surface area contributed by atoms with Crippen LogP contribution in [-0.2, 0) is 16.0 Å². The Bertz CT molecular complexity index is 1300. The molecule has 2 amide bonds. The molecule has 1 atom stereocenters. The van der Waals surface area contributed by atoms with E-state index < -0.39 is 11.9 Å². The number of carbonyl (C=O) groups is 2. The van der Waals surface area contributed by atoms with E-state index in [1.807, 2.05) is 11.4 Å². The molecule has 2 aliphatic rings. The molecule has 0 aliphatic carbocycles. The molecule has 0 fully saturated rings. The van der Waals surface area contributed by atoms with Gasteiger partial charge in [0, 0.05) is 37.2 Å². The van der Waals surface area contributed by atoms with E-state index in [0.29, 0.717) is 49.6 Å². The Kier molecular flexibility index (Phi) is 8.09. The molecule has 8 nitrogen and oxygen atoms in total. The van der Waals surface area contributed by atoms with Gasteiger partial charge >= 0.3 is 0 Å². The van der Waals surface area contributed by atoms with Gasteiger partial charge in [0.25, 0.3) is 5.91 Å². The molecular formula is C28H29FN2O6S. The third-order valence-corrected chi connectivity index (χ3v) is 7.65. The van der Waals surface area contributed by atoms with E-state index in [2.05, 4.69) is 0 Å². The number of methoxy groups -OCH3 is 1. The lowest BCUT2D eigenvalue weighted by molar-refractivity contribution is -0.135. The van der Waals surface area contributed by atoms with Gasteiger partial charge in [-0.3, -0.25) is 9.59 Å². The second-order valence-electron chi connectivity index (χ2n) is 9.03. The fourth-order valence-corrected chi connectivity index (χ4v) is 5.65. The lowest BCUT2D eigenvalue weighted by Crippen LogP contribution is -2.48. The fourth-order valence-electron chi connectivity index (χ4n) is 4.72. The Morgan fingerprint density at radius 3 is 2.84 bits per heavy atom. The van der Waals surface area contributed by atoms with Gasteiger partial charge in [-0.15, -0.1) is 11.3 Å². The van der Waals surface area contributed by atoms with Gasteiger partial charge in [0.1, 0.15) is 13.2 Å². The zero-order valence-electron chi connectivity index (χ0n) is 21.1. The molecule has 0 N–H and O–H groups in total. The molecule has 38 heavy (non-hydrogen) atoms. The first-order valence-electron chi connectivity index (χ1n) is 12.5. The summed E-state index contributed by atoms with van der Waals surface area (Å²) in [6, 6.07) is 12.8. The molecular weight excluding hydrogens is 511 g/mol. The van der Waals surface area contributed by atoms with Gasteiger partial charge in [-0.1, -0.05) is 12.1 Å². The molecule has 200 valence electrons. The molecule has 3 aromatic rings. The third-order valence-electron chi connectivity index (χ3n) is 6.66. The number of hydrogen-bond acceptors (Lipinski definition) is 7. The maximum Gasteiger partial charge on any atom is 0.254 e. The van der Waals surface area contributed by atoms with Gasteiger partial charge in [0.15, 0.2) is 23.1 Å². The highest BCUT2D eigenvalue weighted by Crippen LogP contribution is 2.35. The molecule has 0 spiro atoms. The number of thiophene rings is 1. The van der Waals surface area contributed by atoms with Crippen LogP contribution >= 0.6 is 11.3 Å². The maximum atomic E-state index is 14.2. The standard InChI is InChI=1S/C28H29FN2O6S/c1-34-13-4-11-30(28(33)19-7-8-24-25(15-19)37-18-36-24)16-27(32)31-12-9-26-20(10-14-38-26)22(31)17-35-23-6-3-2-5-21(23)29/h2-3,5-8,10,14-15,22H,4,9,11-13,16-18H2,1H3/t22-/m1/s1. The number of hydrogen-bond donors (Lipinski definition) is 0. The number of halogens is 1. The number of amides is 2. The van der Waals surface area contributed by atoms with Crippen LogP contribution in [-0.4, -0.2) is 68.4 Å². The minimum absolute atomic E-state index is 0.105. The fraction of sp³-hybridized carbons (Fsp3) is 0.357. The third kappa shape index (κ3) is 5.61. The topological polar surface area (TPSA) is 77.5 Å². The molecule has 10 heteroatoms. The summed E-state index contributed by atoms with van der Waals surface area (Å²) in [4.78, 5) is 31.7. The number of benzene rings is 2. The summed E-state index contributed by atoms with van der Waals surface area (Å²) in [5.74, 6) is 0.300. The van der Waals surface area contributed by atoms with Gasteiger partial charge in [-0.25, -0.2) is 4.39 Å². The van der Waals surface area contributed by atoms with Crippen molar-refractivity contribution in [3.05, 3.63) is 75.7 Å². The van der Waals surface area contributed by atoms with Crippen molar-refractivity contribution in [2.45, 2.75) is 18.9 Å². The molecule has 3 heterocycles. The van der Waals surface area contributed by atoms with Crippen molar-refractivity contribution in [2.24, 2.45) is 0 Å². The predicted molar refractivity (Wildman–Crippen MR) is 139 cm³/mol. The minimum atomic E-state index is -0.453. The van der Waals surface area contributed by atoms with Crippen LogP contribution in [0.5, 0.6) is 17.2 Å². The zero-order valence-corrected chi connectivity index (χ0v) is 21.9. The van der Waals surface area contributed by atoms with Crippen molar-refractivity contribution in [1.82, 2.24) is 9.80 Å². The molecule has 0 unspecified atom stereocenters. The first kappa shape index (κ1) is 26.0. The van der Waals surface area contributed by atoms with Gasteiger partial charge in [0.05, 0.1) is 6.04 Å². The minimum Gasteiger partial charge on any atom is -0.488 e. The van der Waals surface area contributed by atoms with E-state index in [1.165, 1.54) is 15.8 Å². The number of ether oxygens (including phenoxy) is 4. The van der Waals surface area contributed by atoms with E-state index in [1.54, 1.807) is 59.7 Å². The summed E-state index contributed by atoms with van der Waals surface area (Å²) in [7, 11) is 1.60. The Labute approximate surface area is 224 Å². The summed E-state index contributed by atoms with van der Waals surface area (Å²) in [5, 5.41) is 1.99. The van der Waals surface area contributed by atoms with Gasteiger partial charge < -0.3 is 28.7 Å². The zero-order chi connectivity index (χ0) is 26.5.